The molecular weight excluding hydrogens is 446 g/mol. The average Bonchev–Trinajstić information content (AvgIpc) is 3.20. The van der Waals surface area contributed by atoms with Crippen LogP contribution >= 0.6 is 0 Å². The topological polar surface area (TPSA) is 45.7 Å². The van der Waals surface area contributed by atoms with Crippen molar-refractivity contribution in [1.29, 1.82) is 0 Å². The highest BCUT2D eigenvalue weighted by Gasteiger charge is 2.51. The van der Waals surface area contributed by atoms with E-state index in [1.54, 1.807) is 18.3 Å². The zero-order chi connectivity index (χ0) is 25.4. The summed E-state index contributed by atoms with van der Waals surface area (Å²) in [5, 5.41) is 0. The van der Waals surface area contributed by atoms with E-state index in [9.17, 15) is 4.79 Å². The van der Waals surface area contributed by atoms with Gasteiger partial charge >= 0.3 is 5.97 Å². The molecule has 0 fully saturated rings. The molecule has 0 radical (unpaired) electrons. The summed E-state index contributed by atoms with van der Waals surface area (Å²) in [6, 6.07) is 26.5. The molecule has 0 saturated carbocycles. The van der Waals surface area contributed by atoms with E-state index < -0.39 is 5.60 Å². The lowest BCUT2D eigenvalue weighted by molar-refractivity contribution is 0.0242. The molecule has 1 aromatic heterocycles. The maximum absolute atomic E-state index is 13.2. The predicted molar refractivity (Wildman–Crippen MR) is 145 cm³/mol. The molecule has 36 heavy (non-hydrogen) atoms. The fraction of sp³-hybridized carbons (Fsp3) is 0.226. The fourth-order valence-corrected chi connectivity index (χ4v) is 5.13. The second-order valence-corrected chi connectivity index (χ2v) is 9.44. The van der Waals surface area contributed by atoms with Gasteiger partial charge in [0.05, 0.1) is 5.56 Å². The summed E-state index contributed by atoms with van der Waals surface area (Å²) >= 11 is 0. The number of nitrogens with zero attached hydrogens (tertiary/aromatic N) is 3. The number of fused-ring (bicyclic) bond motifs is 1. The Kier molecular flexibility index (Phi) is 6.00. The van der Waals surface area contributed by atoms with Crippen LogP contribution in [-0.2, 0) is 10.3 Å². The number of rotatable bonds is 6. The quantitative estimate of drug-likeness (QED) is 0.301. The van der Waals surface area contributed by atoms with Gasteiger partial charge in [-0.3, -0.25) is 4.98 Å². The minimum absolute atomic E-state index is 0.356. The van der Waals surface area contributed by atoms with E-state index in [1.807, 2.05) is 32.3 Å². The van der Waals surface area contributed by atoms with Crippen LogP contribution in [0, 0.1) is 13.8 Å². The number of anilines is 3. The molecule has 5 heteroatoms. The van der Waals surface area contributed by atoms with Gasteiger partial charge in [-0.15, -0.1) is 0 Å². The summed E-state index contributed by atoms with van der Waals surface area (Å²) in [4.78, 5) is 22.2. The minimum Gasteiger partial charge on any atom is -0.439 e. The molecule has 0 saturated heterocycles. The molecule has 0 spiro atoms. The molecular formula is C31H31N3O2. The second-order valence-electron chi connectivity index (χ2n) is 9.44. The maximum atomic E-state index is 13.2. The Hall–Kier alpha value is -4.12. The number of hydrogen-bond donors (Lipinski definition) is 0. The number of aryl methyl sites for hydroxylation is 1. The Morgan fingerprint density at radius 2 is 1.56 bits per heavy atom. The lowest BCUT2D eigenvalue weighted by Gasteiger charge is -2.33. The summed E-state index contributed by atoms with van der Waals surface area (Å²) in [7, 11) is 4.02. The number of cyclic esters (lactones) is 1. The number of benzene rings is 3. The Labute approximate surface area is 213 Å². The van der Waals surface area contributed by atoms with Crippen molar-refractivity contribution in [3.8, 4) is 0 Å². The zero-order valence-electron chi connectivity index (χ0n) is 21.4. The second kappa shape index (κ2) is 9.15. The van der Waals surface area contributed by atoms with E-state index >= 15 is 0 Å². The Morgan fingerprint density at radius 1 is 0.861 bits per heavy atom. The summed E-state index contributed by atoms with van der Waals surface area (Å²) in [5.41, 5.74) is 7.32. The van der Waals surface area contributed by atoms with Crippen LogP contribution in [0.2, 0.25) is 0 Å². The largest absolute Gasteiger partial charge is 0.439 e. The number of hydrogen-bond acceptors (Lipinski definition) is 5. The van der Waals surface area contributed by atoms with Gasteiger partial charge in [0, 0.05) is 55.0 Å². The molecule has 0 amide bonds. The van der Waals surface area contributed by atoms with Crippen molar-refractivity contribution in [2.75, 3.05) is 30.4 Å². The molecule has 1 aliphatic rings. The minimum atomic E-state index is -1.13. The Balaban J connectivity index is 1.74. The van der Waals surface area contributed by atoms with Gasteiger partial charge in [0.15, 0.2) is 0 Å². The van der Waals surface area contributed by atoms with Crippen molar-refractivity contribution in [3.63, 3.8) is 0 Å². The van der Waals surface area contributed by atoms with E-state index in [0.29, 0.717) is 11.3 Å². The zero-order valence-corrected chi connectivity index (χ0v) is 21.4. The number of pyridine rings is 1. The van der Waals surface area contributed by atoms with Crippen LogP contribution in [0.4, 0.5) is 17.1 Å². The van der Waals surface area contributed by atoms with Gasteiger partial charge in [-0.2, -0.15) is 0 Å². The van der Waals surface area contributed by atoms with Crippen LogP contribution in [-0.4, -0.2) is 31.6 Å². The lowest BCUT2D eigenvalue weighted by atomic mass is 9.80. The van der Waals surface area contributed by atoms with Crippen LogP contribution in [0.25, 0.3) is 0 Å². The monoisotopic (exact) mass is 477 g/mol. The first kappa shape index (κ1) is 23.6. The third kappa shape index (κ3) is 3.72. The first-order valence-electron chi connectivity index (χ1n) is 12.3. The van der Waals surface area contributed by atoms with Crippen LogP contribution in [0.3, 0.4) is 0 Å². The standard InChI is InChI=1S/C31H31N3O2/c1-6-34(25-16-12-21(2)13-17-25)28-11-7-10-27(22(28)3)31(23-14-18-24(19-15-23)33(4)5)29-26(30(35)36-31)9-8-20-32-29/h7-20H,6H2,1-5H3. The van der Waals surface area contributed by atoms with Crippen LogP contribution in [0.15, 0.2) is 85.1 Å². The third-order valence-electron chi connectivity index (χ3n) is 7.03. The number of carbonyl (C=O) groups is 1. The molecule has 5 nitrogen and oxygen atoms in total. The first-order chi connectivity index (χ1) is 17.4. The highest BCUT2D eigenvalue weighted by molar-refractivity contribution is 5.95. The molecule has 1 unspecified atom stereocenters. The Bertz CT molecular complexity index is 1410. The van der Waals surface area contributed by atoms with E-state index in [4.69, 9.17) is 9.72 Å². The molecule has 4 aromatic rings. The highest BCUT2D eigenvalue weighted by Crippen LogP contribution is 2.48. The van der Waals surface area contributed by atoms with Crippen molar-refractivity contribution in [3.05, 3.63) is 119 Å². The Morgan fingerprint density at radius 3 is 2.22 bits per heavy atom. The van der Waals surface area contributed by atoms with Crippen molar-refractivity contribution >= 4 is 23.0 Å². The molecule has 3 aromatic carbocycles. The smallest absolute Gasteiger partial charge is 0.341 e. The van der Waals surface area contributed by atoms with Crippen molar-refractivity contribution in [2.24, 2.45) is 0 Å². The highest BCUT2D eigenvalue weighted by atomic mass is 16.6. The number of carbonyl (C=O) groups excluding carboxylic acids is 1. The van der Waals surface area contributed by atoms with Gasteiger partial charge in [-0.05, 0) is 68.8 Å². The van der Waals surface area contributed by atoms with E-state index in [1.165, 1.54) is 5.56 Å². The van der Waals surface area contributed by atoms with E-state index in [2.05, 4.69) is 79.1 Å². The van der Waals surface area contributed by atoms with Gasteiger partial charge in [0.1, 0.15) is 5.69 Å². The van der Waals surface area contributed by atoms with Crippen LogP contribution < -0.4 is 9.80 Å². The molecule has 0 aliphatic carbocycles. The molecule has 1 atom stereocenters. The molecule has 1 aliphatic heterocycles. The first-order valence-corrected chi connectivity index (χ1v) is 12.3. The molecule has 5 rings (SSSR count). The summed E-state index contributed by atoms with van der Waals surface area (Å²) in [6.45, 7) is 7.14. The number of aromatic nitrogens is 1. The fourth-order valence-electron chi connectivity index (χ4n) is 5.13. The lowest BCUT2D eigenvalue weighted by Crippen LogP contribution is -2.32. The maximum Gasteiger partial charge on any atom is 0.341 e. The summed E-state index contributed by atoms with van der Waals surface area (Å²) in [6.07, 6.45) is 1.73. The molecule has 0 N–H and O–H groups in total. The number of ether oxygens (including phenoxy) is 1. The van der Waals surface area contributed by atoms with Gasteiger partial charge in [-0.1, -0.05) is 42.0 Å². The van der Waals surface area contributed by atoms with Crippen molar-refractivity contribution in [1.82, 2.24) is 4.98 Å². The normalized spacial score (nSPS) is 16.4. The van der Waals surface area contributed by atoms with Crippen molar-refractivity contribution < 1.29 is 9.53 Å². The van der Waals surface area contributed by atoms with Gasteiger partial charge < -0.3 is 14.5 Å². The van der Waals surface area contributed by atoms with Gasteiger partial charge in [-0.25, -0.2) is 4.79 Å². The van der Waals surface area contributed by atoms with Crippen LogP contribution in [0.5, 0.6) is 0 Å². The van der Waals surface area contributed by atoms with Crippen molar-refractivity contribution in [2.45, 2.75) is 26.4 Å². The molecule has 0 bridgehead atoms. The van der Waals surface area contributed by atoms with E-state index in [-0.39, 0.29) is 5.97 Å². The summed E-state index contributed by atoms with van der Waals surface area (Å²) in [5.74, 6) is -0.356. The predicted octanol–water partition coefficient (Wildman–Crippen LogP) is 6.38. The average molecular weight is 478 g/mol. The molecule has 2 heterocycles. The van der Waals surface area contributed by atoms with Crippen LogP contribution in [0.1, 0.15) is 45.2 Å². The number of esters is 1. The SMILES string of the molecule is CCN(c1ccc(C)cc1)c1cccc(C2(c3ccc(N(C)C)cc3)OC(=O)c3cccnc32)c1C. The van der Waals surface area contributed by atoms with Gasteiger partial charge in [0.25, 0.3) is 0 Å². The third-order valence-corrected chi connectivity index (χ3v) is 7.03. The molecule has 182 valence electrons. The van der Waals surface area contributed by atoms with E-state index in [0.717, 1.165) is 40.3 Å². The summed E-state index contributed by atoms with van der Waals surface area (Å²) < 4.78 is 6.33. The van der Waals surface area contributed by atoms with Gasteiger partial charge in [0.2, 0.25) is 5.60 Å².